The first-order valence-corrected chi connectivity index (χ1v) is 3.16. The Morgan fingerprint density at radius 3 is 2.67 bits per heavy atom. The van der Waals surface area contributed by atoms with Crippen LogP contribution in [-0.4, -0.2) is 15.9 Å². The summed E-state index contributed by atoms with van der Waals surface area (Å²) in [5, 5.41) is 11.0. The molecule has 0 atom stereocenters. The smallest absolute Gasteiger partial charge is 0.224 e. The summed E-state index contributed by atoms with van der Waals surface area (Å²) in [5.41, 5.74) is 0.0406. The van der Waals surface area contributed by atoms with E-state index in [-0.39, 0.29) is 11.3 Å². The van der Waals surface area contributed by atoms with Gasteiger partial charge in [0.15, 0.2) is 0 Å². The van der Waals surface area contributed by atoms with Crippen LogP contribution in [0.15, 0.2) is 17.3 Å². The minimum absolute atomic E-state index is 0.0149. The maximum atomic E-state index is 12.7. The molecule has 0 radical (unpaired) electrons. The lowest BCUT2D eigenvalue weighted by Gasteiger charge is -1.98. The number of oxime groups is 1. The second-order valence-corrected chi connectivity index (χ2v) is 2.16. The molecule has 0 saturated carbocycles. The molecule has 0 aromatic carbocycles. The van der Waals surface area contributed by atoms with E-state index in [1.807, 2.05) is 0 Å². The predicted molar refractivity (Wildman–Crippen MR) is 38.2 cm³/mol. The van der Waals surface area contributed by atoms with Crippen molar-refractivity contribution in [2.75, 3.05) is 0 Å². The Bertz CT molecular complexity index is 325. The van der Waals surface area contributed by atoms with E-state index in [1.54, 1.807) is 0 Å². The van der Waals surface area contributed by atoms with Crippen molar-refractivity contribution in [3.8, 4) is 0 Å². The Hall–Kier alpha value is -1.52. The van der Waals surface area contributed by atoms with Crippen LogP contribution in [0.4, 0.5) is 8.78 Å². The molecule has 0 spiro atoms. The highest BCUT2D eigenvalue weighted by atomic mass is 19.1. The summed E-state index contributed by atoms with van der Waals surface area (Å²) in [5.74, 6) is -1.88. The molecule has 1 aromatic heterocycles. The van der Waals surface area contributed by atoms with E-state index < -0.39 is 11.9 Å². The van der Waals surface area contributed by atoms with E-state index in [0.29, 0.717) is 0 Å². The minimum atomic E-state index is -0.981. The molecule has 1 rings (SSSR count). The van der Waals surface area contributed by atoms with Crippen LogP contribution in [0.25, 0.3) is 0 Å². The molecule has 0 aliphatic heterocycles. The standard InChI is InChI=1S/C7H6F2N2O/c1-4(11-12)5-2-3-6(8)10-7(5)9/h2-3,12H,1H3. The first kappa shape index (κ1) is 8.58. The third-order valence-corrected chi connectivity index (χ3v) is 1.35. The van der Waals surface area contributed by atoms with Crippen molar-refractivity contribution in [3.63, 3.8) is 0 Å². The number of aromatic nitrogens is 1. The number of rotatable bonds is 1. The van der Waals surface area contributed by atoms with Gasteiger partial charge in [0.05, 0.1) is 11.3 Å². The molecule has 0 unspecified atom stereocenters. The molecule has 0 bridgehead atoms. The summed E-state index contributed by atoms with van der Waals surface area (Å²) in [6.45, 7) is 1.39. The zero-order valence-corrected chi connectivity index (χ0v) is 6.25. The summed E-state index contributed by atoms with van der Waals surface area (Å²) in [4.78, 5) is 2.92. The van der Waals surface area contributed by atoms with Gasteiger partial charge in [-0.2, -0.15) is 13.8 Å². The fraction of sp³-hybridized carbons (Fsp3) is 0.143. The largest absolute Gasteiger partial charge is 0.411 e. The van der Waals surface area contributed by atoms with Crippen LogP contribution in [0, 0.1) is 11.9 Å². The number of pyridine rings is 1. The number of hydrogen-bond acceptors (Lipinski definition) is 3. The van der Waals surface area contributed by atoms with Crippen molar-refractivity contribution in [3.05, 3.63) is 29.6 Å². The lowest BCUT2D eigenvalue weighted by molar-refractivity contribution is 0.318. The van der Waals surface area contributed by atoms with Gasteiger partial charge in [-0.25, -0.2) is 0 Å². The summed E-state index contributed by atoms with van der Waals surface area (Å²) >= 11 is 0. The Labute approximate surface area is 67.4 Å². The predicted octanol–water partition coefficient (Wildman–Crippen LogP) is 1.56. The molecule has 5 heteroatoms. The fourth-order valence-corrected chi connectivity index (χ4v) is 0.736. The van der Waals surface area contributed by atoms with Crippen LogP contribution >= 0.6 is 0 Å². The van der Waals surface area contributed by atoms with Crippen LogP contribution < -0.4 is 0 Å². The molecule has 64 valence electrons. The Morgan fingerprint density at radius 2 is 2.17 bits per heavy atom. The lowest BCUT2D eigenvalue weighted by Crippen LogP contribution is -2.02. The summed E-state index contributed by atoms with van der Waals surface area (Å²) in [7, 11) is 0. The van der Waals surface area contributed by atoms with E-state index in [9.17, 15) is 8.78 Å². The third-order valence-electron chi connectivity index (χ3n) is 1.35. The van der Waals surface area contributed by atoms with Crippen LogP contribution in [-0.2, 0) is 0 Å². The molecular weight excluding hydrogens is 166 g/mol. The van der Waals surface area contributed by atoms with Crippen LogP contribution in [0.1, 0.15) is 12.5 Å². The Morgan fingerprint density at radius 1 is 1.50 bits per heavy atom. The van der Waals surface area contributed by atoms with Crippen LogP contribution in [0.3, 0.4) is 0 Å². The monoisotopic (exact) mass is 172 g/mol. The lowest BCUT2D eigenvalue weighted by atomic mass is 10.2. The van der Waals surface area contributed by atoms with Crippen molar-refractivity contribution >= 4 is 5.71 Å². The van der Waals surface area contributed by atoms with E-state index in [4.69, 9.17) is 5.21 Å². The first-order valence-electron chi connectivity index (χ1n) is 3.16. The highest BCUT2D eigenvalue weighted by Gasteiger charge is 2.07. The maximum absolute atomic E-state index is 12.7. The normalized spacial score (nSPS) is 11.8. The maximum Gasteiger partial charge on any atom is 0.224 e. The zero-order chi connectivity index (χ0) is 9.14. The van der Waals surface area contributed by atoms with E-state index in [2.05, 4.69) is 10.1 Å². The highest BCUT2D eigenvalue weighted by molar-refractivity contribution is 5.98. The summed E-state index contributed by atoms with van der Waals surface area (Å²) < 4.78 is 25.0. The zero-order valence-electron chi connectivity index (χ0n) is 6.25. The van der Waals surface area contributed by atoms with Crippen molar-refractivity contribution < 1.29 is 14.0 Å². The second kappa shape index (κ2) is 3.25. The van der Waals surface area contributed by atoms with Gasteiger partial charge >= 0.3 is 0 Å². The fourth-order valence-electron chi connectivity index (χ4n) is 0.736. The number of nitrogens with zero attached hydrogens (tertiary/aromatic N) is 2. The van der Waals surface area contributed by atoms with Gasteiger partial charge in [-0.05, 0) is 19.1 Å². The van der Waals surface area contributed by atoms with E-state index >= 15 is 0 Å². The molecule has 3 nitrogen and oxygen atoms in total. The van der Waals surface area contributed by atoms with Crippen molar-refractivity contribution in [1.82, 2.24) is 4.98 Å². The van der Waals surface area contributed by atoms with Crippen LogP contribution in [0.5, 0.6) is 0 Å². The van der Waals surface area contributed by atoms with E-state index in [0.717, 1.165) is 12.1 Å². The van der Waals surface area contributed by atoms with E-state index in [1.165, 1.54) is 6.92 Å². The van der Waals surface area contributed by atoms with Gasteiger partial charge in [-0.3, -0.25) is 0 Å². The van der Waals surface area contributed by atoms with Gasteiger partial charge < -0.3 is 5.21 Å². The summed E-state index contributed by atoms with van der Waals surface area (Å²) in [6.07, 6.45) is 0. The summed E-state index contributed by atoms with van der Waals surface area (Å²) in [6, 6.07) is 2.15. The molecule has 0 aliphatic rings. The minimum Gasteiger partial charge on any atom is -0.411 e. The van der Waals surface area contributed by atoms with Gasteiger partial charge in [-0.15, -0.1) is 0 Å². The van der Waals surface area contributed by atoms with Gasteiger partial charge in [-0.1, -0.05) is 5.16 Å². The number of halogens is 2. The van der Waals surface area contributed by atoms with Crippen molar-refractivity contribution in [1.29, 1.82) is 0 Å². The second-order valence-electron chi connectivity index (χ2n) is 2.16. The Balaban J connectivity index is 3.18. The van der Waals surface area contributed by atoms with Crippen molar-refractivity contribution in [2.24, 2.45) is 5.16 Å². The van der Waals surface area contributed by atoms with Crippen LogP contribution in [0.2, 0.25) is 0 Å². The average molecular weight is 172 g/mol. The quantitative estimate of drug-likeness (QED) is 0.302. The SMILES string of the molecule is CC(=NO)c1ccc(F)nc1F. The molecule has 0 aliphatic carbocycles. The molecule has 1 aromatic rings. The molecular formula is C7H6F2N2O. The Kier molecular flexibility index (Phi) is 2.32. The molecule has 0 fully saturated rings. The van der Waals surface area contributed by atoms with Gasteiger partial charge in [0, 0.05) is 0 Å². The van der Waals surface area contributed by atoms with Crippen molar-refractivity contribution in [2.45, 2.75) is 6.92 Å². The number of hydrogen-bond donors (Lipinski definition) is 1. The highest BCUT2D eigenvalue weighted by Crippen LogP contribution is 2.06. The van der Waals surface area contributed by atoms with Gasteiger partial charge in [0.1, 0.15) is 0 Å². The first-order chi connectivity index (χ1) is 5.65. The van der Waals surface area contributed by atoms with Gasteiger partial charge in [0.25, 0.3) is 0 Å². The molecule has 0 saturated heterocycles. The molecule has 1 heterocycles. The van der Waals surface area contributed by atoms with Gasteiger partial charge in [0.2, 0.25) is 11.9 Å². The average Bonchev–Trinajstić information content (AvgIpc) is 2.03. The topological polar surface area (TPSA) is 45.5 Å². The molecule has 1 N–H and O–H groups in total. The molecule has 12 heavy (non-hydrogen) atoms. The third kappa shape index (κ3) is 1.55. The molecule has 0 amide bonds.